The molecule has 4 nitrogen and oxygen atoms in total. The molecule has 0 amide bonds. The Labute approximate surface area is 127 Å². The zero-order chi connectivity index (χ0) is 15.5. The summed E-state index contributed by atoms with van der Waals surface area (Å²) in [7, 11) is -2.30. The number of nitrogens with one attached hydrogen (secondary N) is 1. The third-order valence-corrected chi connectivity index (χ3v) is 4.48. The first kappa shape index (κ1) is 15.8. The fraction of sp³-hybridized carbons (Fsp3) is 0.143. The maximum atomic E-state index is 13.5. The van der Waals surface area contributed by atoms with E-state index in [1.165, 1.54) is 43.5 Å². The van der Waals surface area contributed by atoms with Crippen LogP contribution in [0.5, 0.6) is 5.75 Å². The second kappa shape index (κ2) is 6.43. The highest BCUT2D eigenvalue weighted by molar-refractivity contribution is 7.89. The van der Waals surface area contributed by atoms with Gasteiger partial charge in [-0.05, 0) is 42.0 Å². The maximum absolute atomic E-state index is 13.5. The van der Waals surface area contributed by atoms with Crippen LogP contribution in [0.4, 0.5) is 4.39 Å². The Bertz CT molecular complexity index is 732. The normalized spacial score (nSPS) is 11.4. The molecule has 0 aromatic heterocycles. The van der Waals surface area contributed by atoms with E-state index in [0.29, 0.717) is 10.6 Å². The average molecular weight is 330 g/mol. The van der Waals surface area contributed by atoms with E-state index in [1.807, 2.05) is 0 Å². The van der Waals surface area contributed by atoms with Crippen LogP contribution in [0.3, 0.4) is 0 Å². The van der Waals surface area contributed by atoms with Crippen molar-refractivity contribution < 1.29 is 17.5 Å². The van der Waals surface area contributed by atoms with E-state index in [4.69, 9.17) is 16.3 Å². The lowest BCUT2D eigenvalue weighted by atomic mass is 10.2. The van der Waals surface area contributed by atoms with Gasteiger partial charge < -0.3 is 4.74 Å². The van der Waals surface area contributed by atoms with Crippen LogP contribution in [-0.2, 0) is 16.6 Å². The third-order valence-electron chi connectivity index (χ3n) is 2.81. The van der Waals surface area contributed by atoms with Gasteiger partial charge in [0.1, 0.15) is 0 Å². The highest BCUT2D eigenvalue weighted by atomic mass is 35.5. The van der Waals surface area contributed by atoms with Crippen LogP contribution in [0.25, 0.3) is 0 Å². The quantitative estimate of drug-likeness (QED) is 0.917. The van der Waals surface area contributed by atoms with Crippen molar-refractivity contribution >= 4 is 21.6 Å². The molecule has 0 fully saturated rings. The zero-order valence-corrected chi connectivity index (χ0v) is 12.7. The van der Waals surface area contributed by atoms with Crippen molar-refractivity contribution in [2.24, 2.45) is 0 Å². The molecule has 0 saturated heterocycles. The topological polar surface area (TPSA) is 55.4 Å². The van der Waals surface area contributed by atoms with E-state index in [0.717, 1.165) is 0 Å². The molecular weight excluding hydrogens is 317 g/mol. The monoisotopic (exact) mass is 329 g/mol. The third kappa shape index (κ3) is 3.93. The van der Waals surface area contributed by atoms with Crippen LogP contribution in [0.1, 0.15) is 5.56 Å². The lowest BCUT2D eigenvalue weighted by molar-refractivity contribution is 0.386. The van der Waals surface area contributed by atoms with Gasteiger partial charge in [-0.3, -0.25) is 0 Å². The van der Waals surface area contributed by atoms with Crippen molar-refractivity contribution in [1.82, 2.24) is 4.72 Å². The molecule has 0 aliphatic rings. The number of halogens is 2. The Balaban J connectivity index is 2.11. The first-order valence-corrected chi connectivity index (χ1v) is 7.86. The molecule has 0 unspecified atom stereocenters. The highest BCUT2D eigenvalue weighted by Crippen LogP contribution is 2.18. The van der Waals surface area contributed by atoms with Gasteiger partial charge in [0, 0.05) is 11.6 Å². The molecule has 2 aromatic carbocycles. The Morgan fingerprint density at radius 1 is 1.19 bits per heavy atom. The second-order valence-corrected chi connectivity index (χ2v) is 6.45. The molecule has 0 radical (unpaired) electrons. The van der Waals surface area contributed by atoms with Crippen molar-refractivity contribution in [3.63, 3.8) is 0 Å². The van der Waals surface area contributed by atoms with E-state index in [9.17, 15) is 12.8 Å². The van der Waals surface area contributed by atoms with Crippen LogP contribution in [0, 0.1) is 5.82 Å². The van der Waals surface area contributed by atoms with Crippen LogP contribution >= 0.6 is 11.6 Å². The predicted molar refractivity (Wildman–Crippen MR) is 78.4 cm³/mol. The van der Waals surface area contributed by atoms with E-state index in [1.54, 1.807) is 6.07 Å². The number of methoxy groups -OCH3 is 1. The highest BCUT2D eigenvalue weighted by Gasteiger charge is 2.14. The number of hydrogen-bond donors (Lipinski definition) is 1. The minimum atomic E-state index is -3.67. The van der Waals surface area contributed by atoms with Crippen LogP contribution in [-0.4, -0.2) is 15.5 Å². The molecule has 0 atom stereocenters. The molecule has 2 rings (SSSR count). The molecule has 7 heteroatoms. The van der Waals surface area contributed by atoms with Gasteiger partial charge >= 0.3 is 0 Å². The summed E-state index contributed by atoms with van der Waals surface area (Å²) in [5.74, 6) is -0.431. The van der Waals surface area contributed by atoms with Gasteiger partial charge in [0.15, 0.2) is 11.6 Å². The van der Waals surface area contributed by atoms with Crippen molar-refractivity contribution in [2.75, 3.05) is 7.11 Å². The van der Waals surface area contributed by atoms with Crippen molar-refractivity contribution in [3.8, 4) is 5.75 Å². The number of sulfonamides is 1. The van der Waals surface area contributed by atoms with Gasteiger partial charge in [-0.15, -0.1) is 0 Å². The Morgan fingerprint density at radius 3 is 2.43 bits per heavy atom. The smallest absolute Gasteiger partial charge is 0.240 e. The summed E-state index contributed by atoms with van der Waals surface area (Å²) >= 11 is 5.71. The van der Waals surface area contributed by atoms with E-state index >= 15 is 0 Å². The molecule has 1 N–H and O–H groups in total. The molecule has 21 heavy (non-hydrogen) atoms. The molecule has 0 spiro atoms. The molecule has 0 saturated carbocycles. The first-order chi connectivity index (χ1) is 9.92. The summed E-state index contributed by atoms with van der Waals surface area (Å²) in [5.41, 5.74) is 0.492. The van der Waals surface area contributed by atoms with Crippen LogP contribution < -0.4 is 9.46 Å². The van der Waals surface area contributed by atoms with Crippen molar-refractivity contribution in [2.45, 2.75) is 11.4 Å². The molecule has 0 heterocycles. The van der Waals surface area contributed by atoms with Gasteiger partial charge in [0.05, 0.1) is 12.0 Å². The average Bonchev–Trinajstić information content (AvgIpc) is 2.46. The maximum Gasteiger partial charge on any atom is 0.240 e. The Kier molecular flexibility index (Phi) is 4.82. The first-order valence-electron chi connectivity index (χ1n) is 6.00. The molecule has 2 aromatic rings. The fourth-order valence-electron chi connectivity index (χ4n) is 1.70. The molecule has 0 aliphatic carbocycles. The van der Waals surface area contributed by atoms with Gasteiger partial charge in [-0.1, -0.05) is 17.7 Å². The second-order valence-electron chi connectivity index (χ2n) is 4.25. The lowest BCUT2D eigenvalue weighted by Crippen LogP contribution is -2.23. The van der Waals surface area contributed by atoms with Crippen LogP contribution in [0.15, 0.2) is 47.4 Å². The number of ether oxygens (including phenoxy) is 1. The lowest BCUT2D eigenvalue weighted by Gasteiger charge is -2.08. The van der Waals surface area contributed by atoms with Crippen molar-refractivity contribution in [3.05, 3.63) is 58.9 Å². The van der Waals surface area contributed by atoms with E-state index in [-0.39, 0.29) is 17.2 Å². The number of hydrogen-bond acceptors (Lipinski definition) is 3. The van der Waals surface area contributed by atoms with Crippen molar-refractivity contribution in [1.29, 1.82) is 0 Å². The predicted octanol–water partition coefficient (Wildman–Crippen LogP) is 2.97. The molecule has 112 valence electrons. The summed E-state index contributed by atoms with van der Waals surface area (Å²) in [6, 6.07) is 10.0. The summed E-state index contributed by atoms with van der Waals surface area (Å²) in [4.78, 5) is 0.0980. The summed E-state index contributed by atoms with van der Waals surface area (Å²) in [6.45, 7) is -0.0220. The minimum absolute atomic E-state index is 0.0220. The number of benzene rings is 2. The Morgan fingerprint density at radius 2 is 1.86 bits per heavy atom. The zero-order valence-electron chi connectivity index (χ0n) is 11.1. The molecule has 0 aliphatic heterocycles. The van der Waals surface area contributed by atoms with E-state index < -0.39 is 15.8 Å². The van der Waals surface area contributed by atoms with Gasteiger partial charge in [0.2, 0.25) is 10.0 Å². The van der Waals surface area contributed by atoms with Gasteiger partial charge in [0.25, 0.3) is 0 Å². The number of rotatable bonds is 5. The standard InChI is InChI=1S/C14H13ClFNO3S/c1-20-14-7-2-10(8-13(14)16)9-17-21(18,19)12-5-3-11(15)4-6-12/h2-8,17H,9H2,1H3. The van der Waals surface area contributed by atoms with Gasteiger partial charge in [-0.2, -0.15) is 0 Å². The van der Waals surface area contributed by atoms with Gasteiger partial charge in [-0.25, -0.2) is 17.5 Å². The summed E-state index contributed by atoms with van der Waals surface area (Å²) < 4.78 is 44.8. The Hall–Kier alpha value is -1.63. The fourth-order valence-corrected chi connectivity index (χ4v) is 2.84. The minimum Gasteiger partial charge on any atom is -0.494 e. The molecular formula is C14H13ClFNO3S. The summed E-state index contributed by atoms with van der Waals surface area (Å²) in [6.07, 6.45) is 0. The van der Waals surface area contributed by atoms with E-state index in [2.05, 4.69) is 4.72 Å². The summed E-state index contributed by atoms with van der Waals surface area (Å²) in [5, 5.41) is 0.450. The largest absolute Gasteiger partial charge is 0.494 e. The SMILES string of the molecule is COc1ccc(CNS(=O)(=O)c2ccc(Cl)cc2)cc1F. The molecule has 0 bridgehead atoms. The van der Waals surface area contributed by atoms with Crippen LogP contribution in [0.2, 0.25) is 5.02 Å².